The van der Waals surface area contributed by atoms with Gasteiger partial charge >= 0.3 is 0 Å². The standard InChI is InChI=1S/C13H8Br2FN3O3/c14-7-3-8(15)12(6(5-17)11(7)16)18-9-4-10(21)19(1-2-20)13(9)22/h3-4,18,20H,1-2H2. The van der Waals surface area contributed by atoms with E-state index in [-0.39, 0.29) is 34.6 Å². The number of hydrogen-bond acceptors (Lipinski definition) is 5. The summed E-state index contributed by atoms with van der Waals surface area (Å²) in [6, 6.07) is 3.09. The lowest BCUT2D eigenvalue weighted by molar-refractivity contribution is -0.137. The summed E-state index contributed by atoms with van der Waals surface area (Å²) in [7, 11) is 0. The highest BCUT2D eigenvalue weighted by atomic mass is 79.9. The maximum Gasteiger partial charge on any atom is 0.277 e. The normalized spacial score (nSPS) is 14.1. The summed E-state index contributed by atoms with van der Waals surface area (Å²) in [6.07, 6.45) is 1.03. The van der Waals surface area contributed by atoms with Crippen LogP contribution < -0.4 is 5.32 Å². The van der Waals surface area contributed by atoms with Gasteiger partial charge in [-0.25, -0.2) is 4.39 Å². The van der Waals surface area contributed by atoms with Crippen molar-refractivity contribution in [2.45, 2.75) is 0 Å². The average Bonchev–Trinajstić information content (AvgIpc) is 2.73. The monoisotopic (exact) mass is 431 g/mol. The number of carbonyl (C=O) groups excluding carboxylic acids is 2. The van der Waals surface area contributed by atoms with Crippen molar-refractivity contribution in [2.24, 2.45) is 0 Å². The summed E-state index contributed by atoms with van der Waals surface area (Å²) >= 11 is 6.15. The second-order valence-corrected chi connectivity index (χ2v) is 5.93. The third-order valence-corrected chi connectivity index (χ3v) is 4.08. The molecule has 1 heterocycles. The first-order chi connectivity index (χ1) is 10.4. The Morgan fingerprint density at radius 2 is 2.05 bits per heavy atom. The molecule has 1 aliphatic heterocycles. The molecule has 22 heavy (non-hydrogen) atoms. The third kappa shape index (κ3) is 2.90. The first kappa shape index (κ1) is 16.6. The van der Waals surface area contributed by atoms with E-state index in [2.05, 4.69) is 37.2 Å². The van der Waals surface area contributed by atoms with Gasteiger partial charge in [0, 0.05) is 10.5 Å². The van der Waals surface area contributed by atoms with Crippen LogP contribution in [0.15, 0.2) is 26.8 Å². The molecular weight excluding hydrogens is 425 g/mol. The van der Waals surface area contributed by atoms with Crippen LogP contribution in [0.2, 0.25) is 0 Å². The summed E-state index contributed by atoms with van der Waals surface area (Å²) in [5.74, 6) is -2.02. The van der Waals surface area contributed by atoms with E-state index in [0.29, 0.717) is 4.47 Å². The van der Waals surface area contributed by atoms with E-state index in [1.54, 1.807) is 6.07 Å². The topological polar surface area (TPSA) is 93.4 Å². The Morgan fingerprint density at radius 1 is 1.36 bits per heavy atom. The summed E-state index contributed by atoms with van der Waals surface area (Å²) in [6.45, 7) is -0.501. The molecule has 1 aromatic carbocycles. The van der Waals surface area contributed by atoms with Crippen molar-refractivity contribution in [3.63, 3.8) is 0 Å². The van der Waals surface area contributed by atoms with Crippen molar-refractivity contribution in [3.8, 4) is 6.07 Å². The lowest BCUT2D eigenvalue weighted by Gasteiger charge is -2.15. The SMILES string of the molecule is N#Cc1c(F)c(Br)cc(Br)c1NC1=CC(=O)N(CCO)C1=O. The molecule has 1 aromatic rings. The highest BCUT2D eigenvalue weighted by Crippen LogP contribution is 2.34. The van der Waals surface area contributed by atoms with Crippen LogP contribution in [0.1, 0.15) is 5.56 Å². The molecule has 9 heteroatoms. The van der Waals surface area contributed by atoms with E-state index >= 15 is 0 Å². The number of halogens is 3. The van der Waals surface area contributed by atoms with Crippen molar-refractivity contribution >= 4 is 49.4 Å². The smallest absolute Gasteiger partial charge is 0.277 e. The molecule has 1 aliphatic rings. The Balaban J connectivity index is 2.39. The molecule has 0 saturated carbocycles. The number of amides is 2. The fourth-order valence-electron chi connectivity index (χ4n) is 1.87. The van der Waals surface area contributed by atoms with Crippen LogP contribution in [0, 0.1) is 17.1 Å². The van der Waals surface area contributed by atoms with Gasteiger partial charge in [0.15, 0.2) is 5.82 Å². The number of aliphatic hydroxyl groups is 1. The highest BCUT2D eigenvalue weighted by molar-refractivity contribution is 9.11. The van der Waals surface area contributed by atoms with Crippen LogP contribution in [-0.4, -0.2) is 35.0 Å². The first-order valence-corrected chi connectivity index (χ1v) is 7.52. The number of aliphatic hydroxyl groups excluding tert-OH is 1. The molecule has 2 N–H and O–H groups in total. The summed E-state index contributed by atoms with van der Waals surface area (Å²) in [5, 5.41) is 20.5. The number of nitriles is 1. The van der Waals surface area contributed by atoms with Crippen LogP contribution >= 0.6 is 31.9 Å². The predicted molar refractivity (Wildman–Crippen MR) is 82.0 cm³/mol. The van der Waals surface area contributed by atoms with Gasteiger partial charge in [-0.1, -0.05) is 0 Å². The van der Waals surface area contributed by atoms with Gasteiger partial charge in [0.05, 0.1) is 23.3 Å². The van der Waals surface area contributed by atoms with Crippen molar-refractivity contribution in [1.82, 2.24) is 4.90 Å². The van der Waals surface area contributed by atoms with Crippen molar-refractivity contribution in [3.05, 3.63) is 38.2 Å². The van der Waals surface area contributed by atoms with E-state index in [0.717, 1.165) is 11.0 Å². The number of imide groups is 1. The number of benzene rings is 1. The molecule has 0 bridgehead atoms. The van der Waals surface area contributed by atoms with Gasteiger partial charge in [0.2, 0.25) is 0 Å². The highest BCUT2D eigenvalue weighted by Gasteiger charge is 2.31. The minimum atomic E-state index is -0.780. The number of rotatable bonds is 4. The molecular formula is C13H8Br2FN3O3. The lowest BCUT2D eigenvalue weighted by atomic mass is 10.1. The van der Waals surface area contributed by atoms with Gasteiger partial charge in [0.1, 0.15) is 17.3 Å². The van der Waals surface area contributed by atoms with Crippen molar-refractivity contribution in [2.75, 3.05) is 18.5 Å². The fourth-order valence-corrected chi connectivity index (χ4v) is 3.13. The molecule has 0 atom stereocenters. The Morgan fingerprint density at radius 3 is 2.64 bits per heavy atom. The molecule has 0 aliphatic carbocycles. The molecule has 114 valence electrons. The number of hydrogen-bond donors (Lipinski definition) is 2. The van der Waals surface area contributed by atoms with Crippen LogP contribution in [0.4, 0.5) is 10.1 Å². The number of nitrogens with one attached hydrogen (secondary N) is 1. The first-order valence-electron chi connectivity index (χ1n) is 5.93. The van der Waals surface area contributed by atoms with Gasteiger partial charge in [0.25, 0.3) is 11.8 Å². The molecule has 0 aromatic heterocycles. The van der Waals surface area contributed by atoms with Crippen LogP contribution in [0.3, 0.4) is 0 Å². The third-order valence-electron chi connectivity index (χ3n) is 2.88. The zero-order valence-electron chi connectivity index (χ0n) is 10.9. The molecule has 0 saturated heterocycles. The minimum Gasteiger partial charge on any atom is -0.395 e. The van der Waals surface area contributed by atoms with Gasteiger partial charge in [-0.05, 0) is 37.9 Å². The van der Waals surface area contributed by atoms with Crippen LogP contribution in [-0.2, 0) is 9.59 Å². The van der Waals surface area contributed by atoms with E-state index in [9.17, 15) is 14.0 Å². The van der Waals surface area contributed by atoms with Gasteiger partial charge in [-0.15, -0.1) is 0 Å². The number of nitrogens with zero attached hydrogens (tertiary/aromatic N) is 2. The zero-order valence-corrected chi connectivity index (χ0v) is 14.0. The Labute approximate surface area is 141 Å². The maximum absolute atomic E-state index is 13.9. The zero-order chi connectivity index (χ0) is 16.4. The second-order valence-electron chi connectivity index (χ2n) is 4.22. The number of carbonyl (C=O) groups is 2. The van der Waals surface area contributed by atoms with E-state index in [4.69, 9.17) is 10.4 Å². The minimum absolute atomic E-state index is 0.0430. The molecule has 0 unspecified atom stereocenters. The lowest BCUT2D eigenvalue weighted by Crippen LogP contribution is -2.34. The maximum atomic E-state index is 13.9. The average molecular weight is 433 g/mol. The van der Waals surface area contributed by atoms with E-state index < -0.39 is 17.6 Å². The van der Waals surface area contributed by atoms with Gasteiger partial charge in [-0.3, -0.25) is 14.5 Å². The number of anilines is 1. The van der Waals surface area contributed by atoms with E-state index in [1.807, 2.05) is 0 Å². The van der Waals surface area contributed by atoms with E-state index in [1.165, 1.54) is 6.07 Å². The fraction of sp³-hybridized carbons (Fsp3) is 0.154. The van der Waals surface area contributed by atoms with Gasteiger partial charge < -0.3 is 10.4 Å². The van der Waals surface area contributed by atoms with Crippen molar-refractivity contribution in [1.29, 1.82) is 5.26 Å². The summed E-state index contributed by atoms with van der Waals surface area (Å²) < 4.78 is 14.4. The summed E-state index contributed by atoms with van der Waals surface area (Å²) in [4.78, 5) is 24.5. The number of β-amino-alcohol motifs (C(OH)–C–C–N with tert-alkyl or cyclic N) is 1. The van der Waals surface area contributed by atoms with Crippen molar-refractivity contribution < 1.29 is 19.1 Å². The summed E-state index contributed by atoms with van der Waals surface area (Å²) in [5.41, 5.74) is -0.359. The largest absolute Gasteiger partial charge is 0.395 e. The second kappa shape index (κ2) is 6.56. The van der Waals surface area contributed by atoms with Crippen LogP contribution in [0.25, 0.3) is 0 Å². The molecule has 2 rings (SSSR count). The Bertz CT molecular complexity index is 743. The Hall–Kier alpha value is -1.76. The molecule has 0 spiro atoms. The molecule has 0 fully saturated rings. The van der Waals surface area contributed by atoms with Gasteiger partial charge in [-0.2, -0.15) is 5.26 Å². The predicted octanol–water partition coefficient (Wildman–Crippen LogP) is 1.88. The van der Waals surface area contributed by atoms with Crippen LogP contribution in [0.5, 0.6) is 0 Å². The molecule has 0 radical (unpaired) electrons. The molecule has 6 nitrogen and oxygen atoms in total. The Kier molecular flexibility index (Phi) is 4.95. The molecule has 2 amide bonds. The quantitative estimate of drug-likeness (QED) is 0.559.